The highest BCUT2D eigenvalue weighted by molar-refractivity contribution is 7.93. The van der Waals surface area contributed by atoms with Crippen molar-refractivity contribution in [2.75, 3.05) is 10.5 Å². The second-order valence-electron chi connectivity index (χ2n) is 7.06. The van der Waals surface area contributed by atoms with E-state index in [1.54, 1.807) is 43.3 Å². The van der Waals surface area contributed by atoms with Crippen LogP contribution in [0.5, 0.6) is 0 Å². The number of para-hydroxylation sites is 1. The molecule has 0 spiro atoms. The van der Waals surface area contributed by atoms with Gasteiger partial charge in [-0.2, -0.15) is 8.42 Å². The number of allylic oxidation sites excluding steroid dienone is 3. The lowest BCUT2D eigenvalue weighted by Gasteiger charge is -2.13. The van der Waals surface area contributed by atoms with Gasteiger partial charge in [-0.15, -0.1) is 0 Å². The molecule has 0 unspecified atom stereocenters. The number of halogens is 1. The zero-order valence-electron chi connectivity index (χ0n) is 17.1. The molecule has 0 saturated carbocycles. The van der Waals surface area contributed by atoms with Gasteiger partial charge in [0.05, 0.1) is 16.3 Å². The lowest BCUT2D eigenvalue weighted by Crippen LogP contribution is -2.16. The van der Waals surface area contributed by atoms with Gasteiger partial charge < -0.3 is 10.2 Å². The van der Waals surface area contributed by atoms with E-state index in [9.17, 15) is 16.8 Å². The van der Waals surface area contributed by atoms with Crippen LogP contribution in [0.4, 0.5) is 5.69 Å². The molecule has 0 bridgehead atoms. The van der Waals surface area contributed by atoms with Gasteiger partial charge >= 0.3 is 0 Å². The highest BCUT2D eigenvalue weighted by Crippen LogP contribution is 2.30. The Balaban J connectivity index is 1.96. The van der Waals surface area contributed by atoms with Gasteiger partial charge in [0, 0.05) is 22.2 Å². The summed E-state index contributed by atoms with van der Waals surface area (Å²) in [6, 6.07) is 12.0. The maximum absolute atomic E-state index is 13.0. The Labute approximate surface area is 191 Å². The van der Waals surface area contributed by atoms with Gasteiger partial charge in [-0.3, -0.25) is 4.72 Å². The van der Waals surface area contributed by atoms with Crippen molar-refractivity contribution in [3.63, 3.8) is 0 Å². The van der Waals surface area contributed by atoms with Crippen molar-refractivity contribution in [1.82, 2.24) is 0 Å². The van der Waals surface area contributed by atoms with Crippen molar-refractivity contribution in [2.45, 2.75) is 16.9 Å². The highest BCUT2D eigenvalue weighted by Gasteiger charge is 2.25. The molecule has 0 amide bonds. The Hall–Kier alpha value is -3.01. The molecule has 10 heteroatoms. The molecule has 0 atom stereocenters. The van der Waals surface area contributed by atoms with Crippen LogP contribution in [0.2, 0.25) is 5.02 Å². The summed E-state index contributed by atoms with van der Waals surface area (Å²) in [5, 5.41) is 0.425. The summed E-state index contributed by atoms with van der Waals surface area (Å²) >= 11 is 6.02. The number of nitrogens with one attached hydrogen (secondary N) is 1. The molecule has 0 aliphatic carbocycles. The van der Waals surface area contributed by atoms with Crippen LogP contribution in [0.25, 0.3) is 11.0 Å². The third-order valence-corrected chi connectivity index (χ3v) is 7.61. The van der Waals surface area contributed by atoms with Crippen LogP contribution in [0.3, 0.4) is 0 Å². The Morgan fingerprint density at radius 3 is 2.56 bits per heavy atom. The molecule has 7 nitrogen and oxygen atoms in total. The van der Waals surface area contributed by atoms with E-state index in [4.69, 9.17) is 21.8 Å². The molecule has 3 N–H and O–H groups in total. The van der Waals surface area contributed by atoms with Gasteiger partial charge in [-0.1, -0.05) is 54.1 Å². The first-order valence-corrected chi connectivity index (χ1v) is 12.8. The number of rotatable bonds is 8. The molecule has 0 aliphatic rings. The van der Waals surface area contributed by atoms with E-state index >= 15 is 0 Å². The smallest absolute Gasteiger partial charge is 0.295 e. The number of benzene rings is 2. The standard InChI is InChI=1S/C22H21ClN2O5S2/c1-15(6-5-7-16(2)24)14-31(26,27)21-11-10-18(23)13-19(21)25-32(28,29)22-12-17-8-3-4-9-20(17)30-22/h3-13,25H,2,14,24H2,1H3/b7-5-,15-6+. The summed E-state index contributed by atoms with van der Waals surface area (Å²) in [6.07, 6.45) is 4.70. The van der Waals surface area contributed by atoms with E-state index in [1.807, 2.05) is 0 Å². The molecule has 168 valence electrons. The molecule has 3 rings (SSSR count). The molecule has 1 aromatic heterocycles. The van der Waals surface area contributed by atoms with E-state index in [0.717, 1.165) is 0 Å². The average molecular weight is 493 g/mol. The van der Waals surface area contributed by atoms with Gasteiger partial charge in [0.25, 0.3) is 10.0 Å². The highest BCUT2D eigenvalue weighted by atomic mass is 35.5. The Kier molecular flexibility index (Phi) is 6.82. The molecular weight excluding hydrogens is 472 g/mol. The van der Waals surface area contributed by atoms with Gasteiger partial charge in [0.15, 0.2) is 9.84 Å². The number of anilines is 1. The summed E-state index contributed by atoms with van der Waals surface area (Å²) in [5.41, 5.74) is 6.52. The van der Waals surface area contributed by atoms with Crippen LogP contribution >= 0.6 is 11.6 Å². The van der Waals surface area contributed by atoms with Crippen molar-refractivity contribution < 1.29 is 21.3 Å². The number of hydrogen-bond donors (Lipinski definition) is 2. The van der Waals surface area contributed by atoms with Gasteiger partial charge in [-0.05, 0) is 37.3 Å². The van der Waals surface area contributed by atoms with Crippen LogP contribution < -0.4 is 10.5 Å². The van der Waals surface area contributed by atoms with Crippen molar-refractivity contribution >= 4 is 48.1 Å². The second-order valence-corrected chi connectivity index (χ2v) is 11.1. The predicted molar refractivity (Wildman–Crippen MR) is 127 cm³/mol. The number of hydrogen-bond acceptors (Lipinski definition) is 6. The minimum atomic E-state index is -4.22. The van der Waals surface area contributed by atoms with E-state index in [1.165, 1.54) is 30.3 Å². The van der Waals surface area contributed by atoms with Crippen LogP contribution in [0.1, 0.15) is 6.92 Å². The minimum absolute atomic E-state index is 0.169. The lowest BCUT2D eigenvalue weighted by atomic mass is 10.3. The molecule has 0 aliphatic heterocycles. The maximum atomic E-state index is 13.0. The first-order valence-electron chi connectivity index (χ1n) is 9.30. The van der Waals surface area contributed by atoms with E-state index in [-0.39, 0.29) is 26.5 Å². The largest absolute Gasteiger partial charge is 0.443 e. The first kappa shape index (κ1) is 23.6. The van der Waals surface area contributed by atoms with Crippen molar-refractivity contribution in [3.05, 3.63) is 89.6 Å². The first-order chi connectivity index (χ1) is 15.0. The number of fused-ring (bicyclic) bond motifs is 1. The number of furan rings is 1. The van der Waals surface area contributed by atoms with Crippen molar-refractivity contribution in [2.24, 2.45) is 5.73 Å². The quantitative estimate of drug-likeness (QED) is 0.442. The summed E-state index contributed by atoms with van der Waals surface area (Å²) in [7, 11) is -8.12. The van der Waals surface area contributed by atoms with E-state index < -0.39 is 19.9 Å². The Bertz CT molecular complexity index is 1420. The third-order valence-electron chi connectivity index (χ3n) is 4.30. The fourth-order valence-corrected chi connectivity index (χ4v) is 5.75. The summed E-state index contributed by atoms with van der Waals surface area (Å²) < 4.78 is 59.6. The molecule has 0 radical (unpaired) electrons. The van der Waals surface area contributed by atoms with Crippen LogP contribution in [-0.4, -0.2) is 22.6 Å². The zero-order chi connectivity index (χ0) is 23.5. The lowest BCUT2D eigenvalue weighted by molar-refractivity contribution is 0.484. The topological polar surface area (TPSA) is 119 Å². The maximum Gasteiger partial charge on any atom is 0.295 e. The molecule has 2 aromatic carbocycles. The van der Waals surface area contributed by atoms with Gasteiger partial charge in [0.1, 0.15) is 5.58 Å². The van der Waals surface area contributed by atoms with Crippen molar-refractivity contribution in [3.8, 4) is 0 Å². The Morgan fingerprint density at radius 1 is 1.16 bits per heavy atom. The van der Waals surface area contributed by atoms with Crippen LogP contribution in [0.15, 0.2) is 99.0 Å². The van der Waals surface area contributed by atoms with Crippen LogP contribution in [-0.2, 0) is 19.9 Å². The normalized spacial score (nSPS) is 13.0. The molecule has 1 heterocycles. The number of sulfone groups is 1. The molecular formula is C22H21ClN2O5S2. The molecule has 0 fully saturated rings. The minimum Gasteiger partial charge on any atom is -0.443 e. The number of nitrogens with two attached hydrogens (primary N) is 1. The summed E-state index contributed by atoms with van der Waals surface area (Å²) in [6.45, 7) is 5.16. The monoisotopic (exact) mass is 492 g/mol. The van der Waals surface area contributed by atoms with Gasteiger partial charge in [-0.25, -0.2) is 8.42 Å². The van der Waals surface area contributed by atoms with Crippen molar-refractivity contribution in [1.29, 1.82) is 0 Å². The fourth-order valence-electron chi connectivity index (χ4n) is 2.90. The second kappa shape index (κ2) is 9.23. The fraction of sp³-hybridized carbons (Fsp3) is 0.0909. The van der Waals surface area contributed by atoms with E-state index in [0.29, 0.717) is 22.2 Å². The zero-order valence-corrected chi connectivity index (χ0v) is 19.5. The van der Waals surface area contributed by atoms with Gasteiger partial charge in [0.2, 0.25) is 5.09 Å². The molecule has 32 heavy (non-hydrogen) atoms. The van der Waals surface area contributed by atoms with E-state index in [2.05, 4.69) is 11.3 Å². The van der Waals surface area contributed by atoms with Crippen LogP contribution in [0, 0.1) is 0 Å². The number of sulfonamides is 1. The SMILES string of the molecule is C=C(N)/C=C\C=C(/C)CS(=O)(=O)c1ccc(Cl)cc1NS(=O)(=O)c1cc2ccccc2o1. The average Bonchev–Trinajstić information content (AvgIpc) is 3.12. The predicted octanol–water partition coefficient (Wildman–Crippen LogP) is 4.64. The summed E-state index contributed by atoms with van der Waals surface area (Å²) in [5.74, 6) is -0.338. The molecule has 0 saturated heterocycles. The molecule has 3 aromatic rings. The Morgan fingerprint density at radius 2 is 1.88 bits per heavy atom. The third kappa shape index (κ3) is 5.61. The summed E-state index contributed by atoms with van der Waals surface area (Å²) in [4.78, 5) is -0.207.